The average Bonchev–Trinajstić information content (AvgIpc) is 2.42. The third-order valence-electron chi connectivity index (χ3n) is 3.35. The van der Waals surface area contributed by atoms with Gasteiger partial charge in [-0.1, -0.05) is 62.9 Å². The molecule has 20 heavy (non-hydrogen) atoms. The Bertz CT molecular complexity index is 397. The van der Waals surface area contributed by atoms with E-state index in [0.717, 1.165) is 6.42 Å². The van der Waals surface area contributed by atoms with Gasteiger partial charge in [0.1, 0.15) is 0 Å². The third-order valence-corrected chi connectivity index (χ3v) is 4.96. The van der Waals surface area contributed by atoms with Crippen LogP contribution in [0.2, 0.25) is 0 Å². The van der Waals surface area contributed by atoms with Crippen molar-refractivity contribution < 1.29 is 4.21 Å². The quantitative estimate of drug-likeness (QED) is 0.689. The van der Waals surface area contributed by atoms with Gasteiger partial charge in [-0.05, 0) is 32.8 Å². The van der Waals surface area contributed by atoms with Crippen LogP contribution in [-0.2, 0) is 11.0 Å². The van der Waals surface area contributed by atoms with Crippen LogP contribution in [0.15, 0.2) is 30.3 Å². The van der Waals surface area contributed by atoms with Gasteiger partial charge < -0.3 is 0 Å². The van der Waals surface area contributed by atoms with Gasteiger partial charge in [0, 0.05) is 6.04 Å². The van der Waals surface area contributed by atoms with E-state index in [1.54, 1.807) is 0 Å². The predicted octanol–water partition coefficient (Wildman–Crippen LogP) is 4.75. The minimum absolute atomic E-state index is 0.188. The summed E-state index contributed by atoms with van der Waals surface area (Å²) in [7, 11) is -1.03. The molecule has 0 saturated carbocycles. The first-order chi connectivity index (χ1) is 9.45. The molecule has 1 aromatic rings. The second kappa shape index (κ2) is 8.58. The summed E-state index contributed by atoms with van der Waals surface area (Å²) >= 11 is 0. The van der Waals surface area contributed by atoms with Crippen molar-refractivity contribution in [2.75, 3.05) is 0 Å². The topological polar surface area (TPSA) is 29.1 Å². The highest BCUT2D eigenvalue weighted by Gasteiger charge is 2.23. The molecule has 2 atom stereocenters. The van der Waals surface area contributed by atoms with Crippen molar-refractivity contribution in [3.63, 3.8) is 0 Å². The second-order valence-corrected chi connectivity index (χ2v) is 8.31. The molecule has 114 valence electrons. The summed E-state index contributed by atoms with van der Waals surface area (Å²) in [6, 6.07) is 10.6. The summed E-state index contributed by atoms with van der Waals surface area (Å²) in [6.45, 7) is 8.25. The summed E-state index contributed by atoms with van der Waals surface area (Å²) in [5, 5.41) is 0. The molecule has 0 spiro atoms. The van der Waals surface area contributed by atoms with Gasteiger partial charge in [0.15, 0.2) is 0 Å². The van der Waals surface area contributed by atoms with Gasteiger partial charge in [-0.2, -0.15) is 0 Å². The molecule has 0 aliphatic heterocycles. The van der Waals surface area contributed by atoms with Gasteiger partial charge in [0.2, 0.25) is 0 Å². The fraction of sp³-hybridized carbons (Fsp3) is 0.647. The molecule has 0 heterocycles. The highest BCUT2D eigenvalue weighted by Crippen LogP contribution is 2.22. The fourth-order valence-corrected chi connectivity index (χ4v) is 2.93. The fourth-order valence-electron chi connectivity index (χ4n) is 2.06. The normalized spacial score (nSPS) is 15.0. The molecule has 2 nitrogen and oxygen atoms in total. The number of hydrogen-bond donors (Lipinski definition) is 1. The first kappa shape index (κ1) is 17.4. The SMILES string of the molecule is CCCCCC[C@@H](N[S@@](=O)C(C)(C)C)c1ccccc1. The van der Waals surface area contributed by atoms with Crippen LogP contribution in [0.1, 0.15) is 71.4 Å². The van der Waals surface area contributed by atoms with Crippen LogP contribution in [0.3, 0.4) is 0 Å². The number of benzene rings is 1. The second-order valence-electron chi connectivity index (χ2n) is 6.31. The molecule has 1 rings (SSSR count). The molecule has 0 aliphatic rings. The average molecular weight is 295 g/mol. The lowest BCUT2D eigenvalue weighted by molar-refractivity contribution is 0.528. The Morgan fingerprint density at radius 3 is 2.30 bits per heavy atom. The number of nitrogens with one attached hydrogen (secondary N) is 1. The van der Waals surface area contributed by atoms with Crippen molar-refractivity contribution in [2.45, 2.75) is 70.6 Å². The Labute approximate surface area is 127 Å². The smallest absolute Gasteiger partial charge is 0.0975 e. The molecular weight excluding hydrogens is 266 g/mol. The molecule has 0 aromatic heterocycles. The maximum atomic E-state index is 12.3. The maximum absolute atomic E-state index is 12.3. The van der Waals surface area contributed by atoms with Crippen LogP contribution in [0.5, 0.6) is 0 Å². The van der Waals surface area contributed by atoms with Crippen molar-refractivity contribution in [1.82, 2.24) is 4.72 Å². The van der Waals surface area contributed by atoms with E-state index < -0.39 is 11.0 Å². The van der Waals surface area contributed by atoms with Crippen molar-refractivity contribution in [1.29, 1.82) is 0 Å². The van der Waals surface area contributed by atoms with Crippen molar-refractivity contribution in [3.05, 3.63) is 35.9 Å². The molecule has 0 fully saturated rings. The van der Waals surface area contributed by atoms with Gasteiger partial charge in [-0.3, -0.25) is 0 Å². The Morgan fingerprint density at radius 2 is 1.75 bits per heavy atom. The number of rotatable bonds is 8. The zero-order valence-electron chi connectivity index (χ0n) is 13.3. The number of hydrogen-bond acceptors (Lipinski definition) is 1. The Balaban J connectivity index is 2.67. The molecule has 3 heteroatoms. The van der Waals surface area contributed by atoms with Crippen LogP contribution < -0.4 is 4.72 Å². The van der Waals surface area contributed by atoms with Gasteiger partial charge in [0.25, 0.3) is 0 Å². The predicted molar refractivity (Wildman–Crippen MR) is 89.0 cm³/mol. The Morgan fingerprint density at radius 1 is 1.10 bits per heavy atom. The van der Waals surface area contributed by atoms with E-state index in [4.69, 9.17) is 0 Å². The lowest BCUT2D eigenvalue weighted by Crippen LogP contribution is -2.35. The van der Waals surface area contributed by atoms with Gasteiger partial charge in [-0.25, -0.2) is 8.93 Å². The summed E-state index contributed by atoms with van der Waals surface area (Å²) in [4.78, 5) is 0. The van der Waals surface area contributed by atoms with E-state index in [9.17, 15) is 4.21 Å². The van der Waals surface area contributed by atoms with Gasteiger partial charge >= 0.3 is 0 Å². The Kier molecular flexibility index (Phi) is 7.46. The summed E-state index contributed by atoms with van der Waals surface area (Å²) in [6.07, 6.45) is 6.01. The van der Waals surface area contributed by atoms with Crippen LogP contribution in [0.4, 0.5) is 0 Å². The summed E-state index contributed by atoms with van der Waals surface area (Å²) < 4.78 is 15.4. The first-order valence-corrected chi connectivity index (χ1v) is 8.83. The maximum Gasteiger partial charge on any atom is 0.0975 e. The zero-order valence-corrected chi connectivity index (χ0v) is 14.1. The summed E-state index contributed by atoms with van der Waals surface area (Å²) in [5.41, 5.74) is 1.24. The first-order valence-electron chi connectivity index (χ1n) is 7.68. The molecule has 0 aliphatic carbocycles. The Hall–Kier alpha value is -0.670. The van der Waals surface area contributed by atoms with Crippen LogP contribution in [0, 0.1) is 0 Å². The molecular formula is C17H29NOS. The molecule has 0 radical (unpaired) electrons. The standard InChI is InChI=1S/C17H29NOS/c1-5-6-7-11-14-16(15-12-9-8-10-13-15)18-20(19)17(2,3)4/h8-10,12-13,16,18H,5-7,11,14H2,1-4H3/t16-,20+/m1/s1. The van der Waals surface area contributed by atoms with E-state index in [0.29, 0.717) is 0 Å². The van der Waals surface area contributed by atoms with Crippen molar-refractivity contribution >= 4 is 11.0 Å². The van der Waals surface area contributed by atoms with E-state index >= 15 is 0 Å². The highest BCUT2D eigenvalue weighted by molar-refractivity contribution is 7.84. The lowest BCUT2D eigenvalue weighted by atomic mass is 10.0. The minimum Gasteiger partial charge on any atom is -0.242 e. The van der Waals surface area contributed by atoms with Crippen molar-refractivity contribution in [3.8, 4) is 0 Å². The molecule has 1 N–H and O–H groups in total. The lowest BCUT2D eigenvalue weighted by Gasteiger charge is -2.24. The van der Waals surface area contributed by atoms with Crippen molar-refractivity contribution in [2.24, 2.45) is 0 Å². The monoisotopic (exact) mass is 295 g/mol. The summed E-state index contributed by atoms with van der Waals surface area (Å²) in [5.74, 6) is 0. The van der Waals surface area contributed by atoms with Crippen LogP contribution in [-0.4, -0.2) is 8.96 Å². The van der Waals surface area contributed by atoms with E-state index in [1.165, 1.54) is 31.2 Å². The largest absolute Gasteiger partial charge is 0.242 e. The van der Waals surface area contributed by atoms with Gasteiger partial charge in [0.05, 0.1) is 15.7 Å². The number of unbranched alkanes of at least 4 members (excludes halogenated alkanes) is 3. The van der Waals surface area contributed by atoms with Gasteiger partial charge in [-0.15, -0.1) is 0 Å². The molecule has 0 amide bonds. The molecule has 0 saturated heterocycles. The minimum atomic E-state index is -1.03. The molecule has 1 aromatic carbocycles. The van der Waals surface area contributed by atoms with E-state index in [-0.39, 0.29) is 10.8 Å². The highest BCUT2D eigenvalue weighted by atomic mass is 32.2. The molecule has 0 unspecified atom stereocenters. The van der Waals surface area contributed by atoms with Crippen LogP contribution in [0.25, 0.3) is 0 Å². The third kappa shape index (κ3) is 6.19. The van der Waals surface area contributed by atoms with E-state index in [2.05, 4.69) is 35.9 Å². The van der Waals surface area contributed by atoms with E-state index in [1.807, 2.05) is 26.8 Å². The molecule has 0 bridgehead atoms. The van der Waals surface area contributed by atoms with Crippen LogP contribution >= 0.6 is 0 Å². The zero-order chi connectivity index (χ0) is 15.0.